The molecule has 0 atom stereocenters. The molecule has 6 heteroatoms. The minimum atomic E-state index is 0.618. The van der Waals surface area contributed by atoms with Crippen molar-refractivity contribution in [3.8, 4) is 17.3 Å². The molecule has 0 saturated heterocycles. The van der Waals surface area contributed by atoms with Crippen LogP contribution >= 0.6 is 11.3 Å². The molecule has 4 rings (SSSR count). The lowest BCUT2D eigenvalue weighted by atomic mass is 10.2. The Morgan fingerprint density at radius 3 is 2.86 bits per heavy atom. The lowest BCUT2D eigenvalue weighted by Gasteiger charge is -1.98. The molecular weight excluding hydrogens is 284 g/mol. The van der Waals surface area contributed by atoms with Crippen LogP contribution in [0.2, 0.25) is 0 Å². The lowest BCUT2D eigenvalue weighted by molar-refractivity contribution is 0.400. The Morgan fingerprint density at radius 2 is 2.05 bits per heavy atom. The van der Waals surface area contributed by atoms with Gasteiger partial charge in [-0.1, -0.05) is 11.3 Å². The molecule has 0 spiro atoms. The van der Waals surface area contributed by atoms with Crippen molar-refractivity contribution in [1.29, 1.82) is 0 Å². The Hall–Kier alpha value is -2.47. The number of aryl methyl sites for hydroxylation is 1. The Bertz CT molecular complexity index is 957. The van der Waals surface area contributed by atoms with Gasteiger partial charge in [0.05, 0.1) is 18.3 Å². The van der Waals surface area contributed by atoms with Gasteiger partial charge in [-0.2, -0.15) is 0 Å². The van der Waals surface area contributed by atoms with Gasteiger partial charge in [0.15, 0.2) is 4.96 Å². The molecule has 0 aliphatic heterocycles. The molecule has 0 aliphatic carbocycles. The van der Waals surface area contributed by atoms with Crippen molar-refractivity contribution in [2.24, 2.45) is 0 Å². The third-order valence-electron chi connectivity index (χ3n) is 3.32. The summed E-state index contributed by atoms with van der Waals surface area (Å²) in [6.45, 7) is 2.05. The molecule has 0 saturated carbocycles. The summed E-state index contributed by atoms with van der Waals surface area (Å²) in [6, 6.07) is 7.88. The highest BCUT2D eigenvalue weighted by atomic mass is 32.1. The largest absolute Gasteiger partial charge is 0.481 e. The zero-order valence-corrected chi connectivity index (χ0v) is 12.4. The molecule has 0 aliphatic rings. The fourth-order valence-corrected chi connectivity index (χ4v) is 3.26. The molecule has 0 unspecified atom stereocenters. The highest BCUT2D eigenvalue weighted by Crippen LogP contribution is 2.29. The Morgan fingerprint density at radius 1 is 1.14 bits per heavy atom. The van der Waals surface area contributed by atoms with E-state index in [2.05, 4.69) is 21.9 Å². The number of rotatable bonds is 2. The van der Waals surface area contributed by atoms with Gasteiger partial charge in [-0.25, -0.2) is 9.97 Å². The Balaban J connectivity index is 1.91. The predicted octanol–water partition coefficient (Wildman–Crippen LogP) is 3.32. The fourth-order valence-electron chi connectivity index (χ4n) is 2.28. The first-order valence-electron chi connectivity index (χ1n) is 6.50. The molecule has 4 aromatic heterocycles. The molecule has 4 aromatic rings. The van der Waals surface area contributed by atoms with Crippen molar-refractivity contribution in [1.82, 2.24) is 19.4 Å². The summed E-state index contributed by atoms with van der Waals surface area (Å²) in [6.07, 6.45) is 3.81. The number of hydrogen-bond acceptors (Lipinski definition) is 5. The van der Waals surface area contributed by atoms with Gasteiger partial charge in [0, 0.05) is 18.5 Å². The maximum absolute atomic E-state index is 5.16. The lowest BCUT2D eigenvalue weighted by Crippen LogP contribution is -1.87. The minimum Gasteiger partial charge on any atom is -0.481 e. The number of hydrogen-bond donors (Lipinski definition) is 0. The molecule has 0 radical (unpaired) electrons. The smallest absolute Gasteiger partial charge is 0.214 e. The van der Waals surface area contributed by atoms with Gasteiger partial charge >= 0.3 is 0 Å². The normalized spacial score (nSPS) is 11.3. The first kappa shape index (κ1) is 12.3. The van der Waals surface area contributed by atoms with Crippen molar-refractivity contribution in [3.05, 3.63) is 42.2 Å². The third-order valence-corrected chi connectivity index (χ3v) is 4.29. The zero-order chi connectivity index (χ0) is 14.4. The summed E-state index contributed by atoms with van der Waals surface area (Å²) in [5, 5.41) is 0. The zero-order valence-electron chi connectivity index (χ0n) is 11.6. The van der Waals surface area contributed by atoms with Gasteiger partial charge in [0.25, 0.3) is 0 Å². The SMILES string of the molecule is COc1ccc2c(n1)sc1nc(-c3cc(C)ccn3)cn12. The van der Waals surface area contributed by atoms with E-state index in [4.69, 9.17) is 4.74 Å². The van der Waals surface area contributed by atoms with Crippen LogP contribution in [0.3, 0.4) is 0 Å². The maximum Gasteiger partial charge on any atom is 0.214 e. The van der Waals surface area contributed by atoms with Crippen LogP contribution in [0.5, 0.6) is 5.88 Å². The topological polar surface area (TPSA) is 52.3 Å². The van der Waals surface area contributed by atoms with E-state index in [1.807, 2.05) is 41.1 Å². The number of imidazole rings is 1. The number of nitrogens with zero attached hydrogens (tertiary/aromatic N) is 4. The third kappa shape index (κ3) is 1.95. The number of thiazole rings is 1. The van der Waals surface area contributed by atoms with Crippen LogP contribution in [0.4, 0.5) is 0 Å². The van der Waals surface area contributed by atoms with Crippen LogP contribution in [0.1, 0.15) is 5.56 Å². The second-order valence-electron chi connectivity index (χ2n) is 4.78. The van der Waals surface area contributed by atoms with Crippen molar-refractivity contribution in [2.75, 3.05) is 7.11 Å². The average Bonchev–Trinajstić information content (AvgIpc) is 3.04. The molecule has 0 N–H and O–H groups in total. The highest BCUT2D eigenvalue weighted by molar-refractivity contribution is 7.23. The number of methoxy groups -OCH3 is 1. The van der Waals surface area contributed by atoms with Gasteiger partial charge in [0.1, 0.15) is 10.5 Å². The minimum absolute atomic E-state index is 0.618. The van der Waals surface area contributed by atoms with E-state index in [9.17, 15) is 0 Å². The monoisotopic (exact) mass is 296 g/mol. The number of fused-ring (bicyclic) bond motifs is 3. The van der Waals surface area contributed by atoms with Crippen LogP contribution in [-0.4, -0.2) is 26.5 Å². The van der Waals surface area contributed by atoms with Crippen LogP contribution in [0.25, 0.3) is 26.7 Å². The van der Waals surface area contributed by atoms with Crippen LogP contribution in [0, 0.1) is 6.92 Å². The quantitative estimate of drug-likeness (QED) is 0.569. The van der Waals surface area contributed by atoms with Crippen LogP contribution < -0.4 is 4.74 Å². The molecule has 0 fully saturated rings. The maximum atomic E-state index is 5.16. The summed E-state index contributed by atoms with van der Waals surface area (Å²) in [7, 11) is 1.62. The van der Waals surface area contributed by atoms with Crippen molar-refractivity contribution >= 4 is 26.6 Å². The summed E-state index contributed by atoms with van der Waals surface area (Å²) < 4.78 is 7.20. The molecule has 4 heterocycles. The molecule has 21 heavy (non-hydrogen) atoms. The van der Waals surface area contributed by atoms with E-state index in [0.717, 1.165) is 26.7 Å². The van der Waals surface area contributed by atoms with E-state index in [-0.39, 0.29) is 0 Å². The predicted molar refractivity (Wildman–Crippen MR) is 82.9 cm³/mol. The van der Waals surface area contributed by atoms with Crippen LogP contribution in [0.15, 0.2) is 36.7 Å². The summed E-state index contributed by atoms with van der Waals surface area (Å²) >= 11 is 1.54. The Labute approximate surface area is 124 Å². The molecular formula is C15H12N4OS. The van der Waals surface area contributed by atoms with Crippen molar-refractivity contribution in [3.63, 3.8) is 0 Å². The number of aromatic nitrogens is 4. The van der Waals surface area contributed by atoms with Crippen molar-refractivity contribution in [2.45, 2.75) is 6.92 Å². The Kier molecular flexibility index (Phi) is 2.65. The summed E-state index contributed by atoms with van der Waals surface area (Å²) in [5.74, 6) is 0.618. The number of pyridine rings is 2. The molecule has 5 nitrogen and oxygen atoms in total. The fraction of sp³-hybridized carbons (Fsp3) is 0.133. The standard InChI is InChI=1S/C15H12N4OS/c1-9-5-6-16-10(7-9)11-8-19-12-3-4-13(20-2)18-14(12)21-15(19)17-11/h3-8H,1-2H3. The summed E-state index contributed by atoms with van der Waals surface area (Å²) in [5.41, 5.74) is 3.97. The first-order chi connectivity index (χ1) is 10.2. The second-order valence-corrected chi connectivity index (χ2v) is 5.73. The number of ether oxygens (including phenoxy) is 1. The van der Waals surface area contributed by atoms with E-state index in [1.165, 1.54) is 5.56 Å². The molecule has 104 valence electrons. The van der Waals surface area contributed by atoms with Gasteiger partial charge in [-0.05, 0) is 30.7 Å². The van der Waals surface area contributed by atoms with Gasteiger partial charge < -0.3 is 4.74 Å². The van der Waals surface area contributed by atoms with Crippen molar-refractivity contribution < 1.29 is 4.74 Å². The average molecular weight is 296 g/mol. The molecule has 0 amide bonds. The van der Waals surface area contributed by atoms with E-state index in [0.29, 0.717) is 5.88 Å². The van der Waals surface area contributed by atoms with Crippen LogP contribution in [-0.2, 0) is 0 Å². The molecule has 0 bridgehead atoms. The molecule has 0 aromatic carbocycles. The van der Waals surface area contributed by atoms with E-state index in [1.54, 1.807) is 18.4 Å². The van der Waals surface area contributed by atoms with Gasteiger partial charge in [0.2, 0.25) is 5.88 Å². The second kappa shape index (κ2) is 4.53. The van der Waals surface area contributed by atoms with E-state index >= 15 is 0 Å². The first-order valence-corrected chi connectivity index (χ1v) is 7.32. The van der Waals surface area contributed by atoms with Gasteiger partial charge in [-0.15, -0.1) is 0 Å². The summed E-state index contributed by atoms with van der Waals surface area (Å²) in [4.78, 5) is 15.3. The van der Waals surface area contributed by atoms with Gasteiger partial charge in [-0.3, -0.25) is 9.38 Å². The highest BCUT2D eigenvalue weighted by Gasteiger charge is 2.12. The van der Waals surface area contributed by atoms with E-state index < -0.39 is 0 Å².